The molecule has 0 heterocycles. The van der Waals surface area contributed by atoms with E-state index in [4.69, 9.17) is 4.74 Å². The minimum atomic E-state index is -0.255. The second-order valence-corrected chi connectivity index (χ2v) is 6.69. The van der Waals surface area contributed by atoms with Crippen LogP contribution in [-0.4, -0.2) is 37.0 Å². The average molecular weight is 307 g/mol. The summed E-state index contributed by atoms with van der Waals surface area (Å²) in [6.45, 7) is 3.06. The Hall–Kier alpha value is -1.32. The largest absolute Gasteiger partial charge is 0.469 e. The molecule has 2 aliphatic carbocycles. The summed E-state index contributed by atoms with van der Waals surface area (Å²) in [5.41, 5.74) is 1.48. The predicted octanol–water partition coefficient (Wildman–Crippen LogP) is 3.31. The van der Waals surface area contributed by atoms with Gasteiger partial charge < -0.3 is 9.64 Å². The molecule has 4 heteroatoms. The summed E-state index contributed by atoms with van der Waals surface area (Å²) in [5.74, 6) is -0.0683. The summed E-state index contributed by atoms with van der Waals surface area (Å²) in [5, 5.41) is 0. The van der Waals surface area contributed by atoms with Gasteiger partial charge in [0.05, 0.1) is 13.0 Å². The van der Waals surface area contributed by atoms with Crippen molar-refractivity contribution in [1.29, 1.82) is 0 Å². The van der Waals surface area contributed by atoms with E-state index in [1.165, 1.54) is 31.9 Å². The van der Waals surface area contributed by atoms with Gasteiger partial charge in [-0.25, -0.2) is 0 Å². The first-order chi connectivity index (χ1) is 10.6. The molecule has 0 aromatic rings. The molecule has 0 spiro atoms. The van der Waals surface area contributed by atoms with Crippen LogP contribution in [0.15, 0.2) is 11.6 Å². The van der Waals surface area contributed by atoms with Gasteiger partial charge in [0, 0.05) is 19.0 Å². The molecule has 0 bridgehead atoms. The zero-order valence-electron chi connectivity index (χ0n) is 14.0. The van der Waals surface area contributed by atoms with Gasteiger partial charge in [-0.3, -0.25) is 9.59 Å². The molecule has 0 N–H and O–H groups in total. The van der Waals surface area contributed by atoms with Crippen molar-refractivity contribution in [3.05, 3.63) is 11.6 Å². The third-order valence-corrected chi connectivity index (χ3v) is 4.95. The topological polar surface area (TPSA) is 46.6 Å². The van der Waals surface area contributed by atoms with Crippen LogP contribution in [0.3, 0.4) is 0 Å². The number of rotatable bonds is 7. The number of ether oxygens (including phenoxy) is 1. The maximum Gasteiger partial charge on any atom is 0.310 e. The first-order valence-corrected chi connectivity index (χ1v) is 8.66. The van der Waals surface area contributed by atoms with E-state index in [2.05, 4.69) is 6.08 Å². The molecule has 0 aromatic heterocycles. The van der Waals surface area contributed by atoms with Gasteiger partial charge in [-0.2, -0.15) is 0 Å². The molecule has 1 unspecified atom stereocenters. The Morgan fingerprint density at radius 1 is 1.32 bits per heavy atom. The Bertz CT molecular complexity index is 426. The number of amides is 1. The second kappa shape index (κ2) is 8.35. The summed E-state index contributed by atoms with van der Waals surface area (Å²) in [6.07, 6.45) is 11.3. The first-order valence-electron chi connectivity index (χ1n) is 8.66. The number of hydrogen-bond acceptors (Lipinski definition) is 3. The van der Waals surface area contributed by atoms with Crippen LogP contribution in [0.25, 0.3) is 0 Å². The van der Waals surface area contributed by atoms with Gasteiger partial charge >= 0.3 is 5.97 Å². The fraction of sp³-hybridized carbons (Fsp3) is 0.778. The summed E-state index contributed by atoms with van der Waals surface area (Å²) >= 11 is 0. The summed E-state index contributed by atoms with van der Waals surface area (Å²) in [6, 6.07) is 0. The molecule has 4 nitrogen and oxygen atoms in total. The van der Waals surface area contributed by atoms with E-state index in [1.807, 2.05) is 11.8 Å². The Balaban J connectivity index is 1.92. The van der Waals surface area contributed by atoms with Gasteiger partial charge in [-0.15, -0.1) is 0 Å². The van der Waals surface area contributed by atoms with Crippen molar-refractivity contribution in [2.45, 2.75) is 58.3 Å². The molecular weight excluding hydrogens is 278 g/mol. The van der Waals surface area contributed by atoms with Gasteiger partial charge in [0.15, 0.2) is 0 Å². The molecule has 0 saturated heterocycles. The van der Waals surface area contributed by atoms with Crippen LogP contribution >= 0.6 is 0 Å². The molecule has 0 aliphatic heterocycles. The number of nitrogens with zero attached hydrogens (tertiary/aromatic N) is 1. The third kappa shape index (κ3) is 4.59. The van der Waals surface area contributed by atoms with E-state index in [0.717, 1.165) is 38.6 Å². The Morgan fingerprint density at radius 2 is 2.09 bits per heavy atom. The highest BCUT2D eigenvalue weighted by Crippen LogP contribution is 2.29. The quantitative estimate of drug-likeness (QED) is 0.535. The van der Waals surface area contributed by atoms with Crippen molar-refractivity contribution in [1.82, 2.24) is 4.90 Å². The minimum Gasteiger partial charge on any atom is -0.469 e. The van der Waals surface area contributed by atoms with Crippen molar-refractivity contribution >= 4 is 11.9 Å². The number of carbonyl (C=O) groups excluding carboxylic acids is 2. The average Bonchev–Trinajstić information content (AvgIpc) is 2.49. The fourth-order valence-corrected chi connectivity index (χ4v) is 3.22. The molecule has 124 valence electrons. The predicted molar refractivity (Wildman–Crippen MR) is 86.3 cm³/mol. The SMILES string of the molecule is COC(=O)C(C)CN(CCC1=CCCCC1)C(=O)C1CCC1. The van der Waals surface area contributed by atoms with Gasteiger partial charge in [-0.05, 0) is 44.9 Å². The van der Waals surface area contributed by atoms with E-state index in [1.54, 1.807) is 0 Å². The monoisotopic (exact) mass is 307 g/mol. The van der Waals surface area contributed by atoms with Gasteiger partial charge in [0.1, 0.15) is 0 Å². The summed E-state index contributed by atoms with van der Waals surface area (Å²) < 4.78 is 4.80. The zero-order valence-corrected chi connectivity index (χ0v) is 14.0. The molecular formula is C18H29NO3. The van der Waals surface area contributed by atoms with E-state index in [-0.39, 0.29) is 23.7 Å². The molecule has 1 fully saturated rings. The summed E-state index contributed by atoms with van der Waals surface area (Å²) in [4.78, 5) is 26.2. The third-order valence-electron chi connectivity index (χ3n) is 4.95. The minimum absolute atomic E-state index is 0.185. The number of hydrogen-bond donors (Lipinski definition) is 0. The van der Waals surface area contributed by atoms with Gasteiger partial charge in [0.25, 0.3) is 0 Å². The van der Waals surface area contributed by atoms with Crippen LogP contribution in [0.5, 0.6) is 0 Å². The zero-order chi connectivity index (χ0) is 15.9. The van der Waals surface area contributed by atoms with Crippen LogP contribution < -0.4 is 0 Å². The van der Waals surface area contributed by atoms with Crippen LogP contribution in [0, 0.1) is 11.8 Å². The maximum absolute atomic E-state index is 12.6. The smallest absolute Gasteiger partial charge is 0.310 e. The van der Waals surface area contributed by atoms with E-state index < -0.39 is 0 Å². The van der Waals surface area contributed by atoms with Crippen molar-refractivity contribution in [3.8, 4) is 0 Å². The highest BCUT2D eigenvalue weighted by atomic mass is 16.5. The van der Waals surface area contributed by atoms with Crippen molar-refractivity contribution in [3.63, 3.8) is 0 Å². The van der Waals surface area contributed by atoms with Crippen molar-refractivity contribution in [2.24, 2.45) is 11.8 Å². The van der Waals surface area contributed by atoms with E-state index >= 15 is 0 Å². The second-order valence-electron chi connectivity index (χ2n) is 6.69. The lowest BCUT2D eigenvalue weighted by Gasteiger charge is -2.33. The standard InChI is InChI=1S/C18H29NO3/c1-14(18(21)22-2)13-19(17(20)16-9-6-10-16)12-11-15-7-4-3-5-8-15/h7,14,16H,3-6,8-13H2,1-2H3. The molecule has 1 saturated carbocycles. The molecule has 2 rings (SSSR count). The number of methoxy groups -OCH3 is 1. The normalized spacial score (nSPS) is 19.8. The molecule has 0 aromatic carbocycles. The molecule has 0 radical (unpaired) electrons. The van der Waals surface area contributed by atoms with Crippen molar-refractivity contribution < 1.29 is 14.3 Å². The molecule has 2 aliphatic rings. The highest BCUT2D eigenvalue weighted by molar-refractivity contribution is 5.80. The van der Waals surface area contributed by atoms with E-state index in [0.29, 0.717) is 6.54 Å². The Morgan fingerprint density at radius 3 is 2.64 bits per heavy atom. The lowest BCUT2D eigenvalue weighted by molar-refractivity contribution is -0.147. The van der Waals surface area contributed by atoms with E-state index in [9.17, 15) is 9.59 Å². The highest BCUT2D eigenvalue weighted by Gasteiger charge is 2.31. The molecule has 1 atom stereocenters. The van der Waals surface area contributed by atoms with Gasteiger partial charge in [0.2, 0.25) is 5.91 Å². The first kappa shape index (κ1) is 17.0. The van der Waals surface area contributed by atoms with Crippen LogP contribution in [0.1, 0.15) is 58.3 Å². The summed E-state index contributed by atoms with van der Waals surface area (Å²) in [7, 11) is 1.41. The number of carbonyl (C=O) groups is 2. The van der Waals surface area contributed by atoms with Crippen LogP contribution in [-0.2, 0) is 14.3 Å². The lowest BCUT2D eigenvalue weighted by Crippen LogP contribution is -2.43. The van der Waals surface area contributed by atoms with Gasteiger partial charge in [-0.1, -0.05) is 25.0 Å². The lowest BCUT2D eigenvalue weighted by atomic mass is 9.84. The molecule has 22 heavy (non-hydrogen) atoms. The Labute approximate surface area is 133 Å². The Kier molecular flexibility index (Phi) is 6.47. The number of allylic oxidation sites excluding steroid dienone is 1. The van der Waals surface area contributed by atoms with Crippen LogP contribution in [0.4, 0.5) is 0 Å². The van der Waals surface area contributed by atoms with Crippen LogP contribution in [0.2, 0.25) is 0 Å². The maximum atomic E-state index is 12.6. The number of esters is 1. The van der Waals surface area contributed by atoms with Crippen molar-refractivity contribution in [2.75, 3.05) is 20.2 Å². The molecule has 1 amide bonds. The fourth-order valence-electron chi connectivity index (χ4n) is 3.22.